The van der Waals surface area contributed by atoms with Gasteiger partial charge in [-0.3, -0.25) is 0 Å². The average molecular weight is 282 g/mol. The maximum Gasteiger partial charge on any atom is 0.186 e. The van der Waals surface area contributed by atoms with Crippen LogP contribution < -0.4 is 0 Å². The summed E-state index contributed by atoms with van der Waals surface area (Å²) in [5.74, 6) is 1.77. The van der Waals surface area contributed by atoms with Crippen molar-refractivity contribution >= 4 is 23.4 Å². The van der Waals surface area contributed by atoms with Crippen molar-refractivity contribution < 1.29 is 0 Å². The number of rotatable bonds is 5. The maximum absolute atomic E-state index is 6.15. The van der Waals surface area contributed by atoms with E-state index in [1.54, 1.807) is 11.8 Å². The minimum atomic E-state index is 0.688. The van der Waals surface area contributed by atoms with Gasteiger partial charge < -0.3 is 0 Å². The van der Waals surface area contributed by atoms with Gasteiger partial charge in [-0.2, -0.15) is 5.10 Å². The molecule has 96 valence electrons. The van der Waals surface area contributed by atoms with Gasteiger partial charge in [0.25, 0.3) is 0 Å². The van der Waals surface area contributed by atoms with Crippen LogP contribution in [0.4, 0.5) is 0 Å². The van der Waals surface area contributed by atoms with Gasteiger partial charge in [0.2, 0.25) is 0 Å². The van der Waals surface area contributed by atoms with Crippen molar-refractivity contribution in [3.05, 3.63) is 29.3 Å². The van der Waals surface area contributed by atoms with Gasteiger partial charge in [-0.25, -0.2) is 9.67 Å². The summed E-state index contributed by atoms with van der Waals surface area (Å²) in [5.41, 5.74) is 0.886. The molecule has 0 amide bonds. The Hall–Kier alpha value is -1.00. The second-order valence-corrected chi connectivity index (χ2v) is 5.49. The Morgan fingerprint density at radius 3 is 2.83 bits per heavy atom. The molecule has 0 saturated carbocycles. The third-order valence-electron chi connectivity index (χ3n) is 2.57. The Balaban J connectivity index is 2.21. The molecular formula is C13H16ClN3S. The number of unbranched alkanes of at least 4 members (excludes halogenated alkanes) is 1. The maximum atomic E-state index is 6.15. The van der Waals surface area contributed by atoms with Crippen LogP contribution in [0.15, 0.2) is 29.4 Å². The monoisotopic (exact) mass is 281 g/mol. The van der Waals surface area contributed by atoms with Gasteiger partial charge in [0, 0.05) is 18.4 Å². The van der Waals surface area contributed by atoms with E-state index in [4.69, 9.17) is 11.6 Å². The van der Waals surface area contributed by atoms with E-state index in [1.807, 2.05) is 36.0 Å². The van der Waals surface area contributed by atoms with Crippen LogP contribution in [0.5, 0.6) is 0 Å². The fourth-order valence-corrected chi connectivity index (χ4v) is 2.77. The lowest BCUT2D eigenvalue weighted by Crippen LogP contribution is -1.93. The third-order valence-corrected chi connectivity index (χ3v) is 4.00. The number of hydrogen-bond acceptors (Lipinski definition) is 3. The molecule has 18 heavy (non-hydrogen) atoms. The van der Waals surface area contributed by atoms with Crippen molar-refractivity contribution in [3.63, 3.8) is 0 Å². The molecule has 0 unspecified atom stereocenters. The van der Waals surface area contributed by atoms with Crippen LogP contribution in [0.25, 0.3) is 11.4 Å². The van der Waals surface area contributed by atoms with Crippen LogP contribution in [0.1, 0.15) is 19.8 Å². The highest BCUT2D eigenvalue weighted by Gasteiger charge is 2.11. The molecule has 1 aromatic carbocycles. The summed E-state index contributed by atoms with van der Waals surface area (Å²) < 4.78 is 1.82. The van der Waals surface area contributed by atoms with Crippen molar-refractivity contribution in [2.45, 2.75) is 24.9 Å². The summed E-state index contributed by atoms with van der Waals surface area (Å²) in [6, 6.07) is 7.66. The molecule has 0 saturated heterocycles. The minimum absolute atomic E-state index is 0.688. The molecule has 1 heterocycles. The summed E-state index contributed by atoms with van der Waals surface area (Å²) in [5, 5.41) is 6.05. The molecule has 0 aliphatic carbocycles. The molecule has 5 heteroatoms. The van der Waals surface area contributed by atoms with Crippen LogP contribution in [-0.4, -0.2) is 20.5 Å². The summed E-state index contributed by atoms with van der Waals surface area (Å²) in [6.45, 7) is 2.19. The molecule has 3 nitrogen and oxygen atoms in total. The minimum Gasteiger partial charge on any atom is -0.243 e. The van der Waals surface area contributed by atoms with E-state index >= 15 is 0 Å². The van der Waals surface area contributed by atoms with Crippen LogP contribution in [0, 0.1) is 0 Å². The Morgan fingerprint density at radius 2 is 2.11 bits per heavy atom. The van der Waals surface area contributed by atoms with Crippen molar-refractivity contribution in [1.29, 1.82) is 0 Å². The molecule has 0 N–H and O–H groups in total. The number of nitrogens with zero attached hydrogens (tertiary/aromatic N) is 3. The Kier molecular flexibility index (Phi) is 4.66. The predicted molar refractivity (Wildman–Crippen MR) is 77.1 cm³/mol. The topological polar surface area (TPSA) is 30.7 Å². The molecule has 0 bridgehead atoms. The third kappa shape index (κ3) is 3.06. The van der Waals surface area contributed by atoms with Gasteiger partial charge in [-0.1, -0.05) is 48.8 Å². The first-order valence-corrected chi connectivity index (χ1v) is 7.37. The van der Waals surface area contributed by atoms with Gasteiger partial charge >= 0.3 is 0 Å². The van der Waals surface area contributed by atoms with Gasteiger partial charge in [-0.15, -0.1) is 0 Å². The molecule has 0 radical (unpaired) electrons. The first kappa shape index (κ1) is 13.4. The Labute approximate surface area is 117 Å². The first-order valence-electron chi connectivity index (χ1n) is 6.01. The van der Waals surface area contributed by atoms with E-state index in [0.717, 1.165) is 16.5 Å². The summed E-state index contributed by atoms with van der Waals surface area (Å²) in [4.78, 5) is 4.54. The van der Waals surface area contributed by atoms with Crippen LogP contribution in [0.3, 0.4) is 0 Å². The van der Waals surface area contributed by atoms with E-state index in [-0.39, 0.29) is 0 Å². The van der Waals surface area contributed by atoms with E-state index in [2.05, 4.69) is 17.0 Å². The zero-order valence-electron chi connectivity index (χ0n) is 10.6. The zero-order valence-corrected chi connectivity index (χ0v) is 12.1. The lowest BCUT2D eigenvalue weighted by Gasteiger charge is -1.97. The van der Waals surface area contributed by atoms with Gasteiger partial charge in [0.1, 0.15) is 0 Å². The number of thioether (sulfide) groups is 1. The second kappa shape index (κ2) is 6.25. The molecule has 2 aromatic rings. The highest BCUT2D eigenvalue weighted by atomic mass is 35.5. The molecule has 0 atom stereocenters. The van der Waals surface area contributed by atoms with Gasteiger partial charge in [-0.05, 0) is 18.6 Å². The highest BCUT2D eigenvalue weighted by molar-refractivity contribution is 7.99. The Morgan fingerprint density at radius 1 is 1.33 bits per heavy atom. The van der Waals surface area contributed by atoms with Crippen LogP contribution in [0.2, 0.25) is 5.02 Å². The van der Waals surface area contributed by atoms with Crippen molar-refractivity contribution in [1.82, 2.24) is 14.8 Å². The summed E-state index contributed by atoms with van der Waals surface area (Å²) in [6.07, 6.45) is 2.39. The summed E-state index contributed by atoms with van der Waals surface area (Å²) >= 11 is 7.89. The van der Waals surface area contributed by atoms with E-state index in [1.165, 1.54) is 12.8 Å². The molecule has 0 spiro atoms. The fraction of sp³-hybridized carbons (Fsp3) is 0.385. The SMILES string of the molecule is CCCCSc1nc(-c2ccccc2Cl)nn1C. The standard InChI is InChI=1S/C13H16ClN3S/c1-3-4-9-18-13-15-12(16-17(13)2)10-7-5-6-8-11(10)14/h5-8H,3-4,9H2,1-2H3. The Bertz CT molecular complexity index is 525. The van der Waals surface area contributed by atoms with Crippen LogP contribution >= 0.6 is 23.4 Å². The van der Waals surface area contributed by atoms with Crippen molar-refractivity contribution in [2.75, 3.05) is 5.75 Å². The number of hydrogen-bond donors (Lipinski definition) is 0. The lowest BCUT2D eigenvalue weighted by atomic mass is 10.2. The normalized spacial score (nSPS) is 10.8. The molecule has 0 aliphatic heterocycles. The second-order valence-electron chi connectivity index (χ2n) is 4.02. The average Bonchev–Trinajstić information content (AvgIpc) is 2.72. The fourth-order valence-electron chi connectivity index (χ4n) is 1.56. The number of halogens is 1. The molecule has 0 fully saturated rings. The quantitative estimate of drug-likeness (QED) is 0.612. The van der Waals surface area contributed by atoms with Gasteiger partial charge in [0.05, 0.1) is 5.02 Å². The molecular weight excluding hydrogens is 266 g/mol. The van der Waals surface area contributed by atoms with Crippen molar-refractivity contribution in [2.24, 2.45) is 7.05 Å². The largest absolute Gasteiger partial charge is 0.243 e. The zero-order chi connectivity index (χ0) is 13.0. The van der Waals surface area contributed by atoms with E-state index in [9.17, 15) is 0 Å². The van der Waals surface area contributed by atoms with Gasteiger partial charge in [0.15, 0.2) is 11.0 Å². The molecule has 0 aliphatic rings. The molecule has 2 rings (SSSR count). The van der Waals surface area contributed by atoms with E-state index in [0.29, 0.717) is 10.8 Å². The lowest BCUT2D eigenvalue weighted by molar-refractivity contribution is 0.685. The molecule has 1 aromatic heterocycles. The predicted octanol–water partition coefficient (Wildman–Crippen LogP) is 4.03. The smallest absolute Gasteiger partial charge is 0.186 e. The number of aromatic nitrogens is 3. The number of aryl methyl sites for hydroxylation is 1. The summed E-state index contributed by atoms with van der Waals surface area (Å²) in [7, 11) is 1.92. The van der Waals surface area contributed by atoms with Crippen molar-refractivity contribution in [3.8, 4) is 11.4 Å². The number of benzene rings is 1. The highest BCUT2D eigenvalue weighted by Crippen LogP contribution is 2.27. The van der Waals surface area contributed by atoms with E-state index < -0.39 is 0 Å². The van der Waals surface area contributed by atoms with Crippen LogP contribution in [-0.2, 0) is 7.05 Å². The first-order chi connectivity index (χ1) is 8.72.